The third-order valence-electron chi connectivity index (χ3n) is 9.20. The van der Waals surface area contributed by atoms with Gasteiger partial charge in [-0.15, -0.1) is 0 Å². The largest absolute Gasteiger partial charge is 0.292 e. The maximum atomic E-state index is 5.08. The molecule has 0 atom stereocenters. The number of allylic oxidation sites excluding steroid dienone is 4. The summed E-state index contributed by atoms with van der Waals surface area (Å²) in [5, 5.41) is 7.58. The van der Waals surface area contributed by atoms with Gasteiger partial charge in [0.1, 0.15) is 5.82 Å². The van der Waals surface area contributed by atoms with Crippen LogP contribution in [0.3, 0.4) is 0 Å². The highest BCUT2D eigenvalue weighted by Crippen LogP contribution is 2.44. The van der Waals surface area contributed by atoms with Gasteiger partial charge in [-0.25, -0.2) is 4.98 Å². The number of para-hydroxylation sites is 2. The monoisotopic (exact) mass is 574 g/mol. The van der Waals surface area contributed by atoms with Gasteiger partial charge in [0, 0.05) is 11.3 Å². The molecule has 45 heavy (non-hydrogen) atoms. The van der Waals surface area contributed by atoms with Crippen molar-refractivity contribution in [2.45, 2.75) is 12.8 Å². The molecule has 7 aromatic carbocycles. The third kappa shape index (κ3) is 4.22. The first-order chi connectivity index (χ1) is 22.3. The molecule has 2 nitrogen and oxygen atoms in total. The molecule has 0 saturated heterocycles. The summed E-state index contributed by atoms with van der Waals surface area (Å²) in [5.41, 5.74) is 9.44. The molecule has 0 bridgehead atoms. The topological polar surface area (TPSA) is 17.8 Å². The van der Waals surface area contributed by atoms with Crippen LogP contribution in [0.4, 0.5) is 0 Å². The van der Waals surface area contributed by atoms with Gasteiger partial charge in [-0.05, 0) is 97.7 Å². The molecule has 1 aliphatic carbocycles. The molecule has 2 heteroatoms. The number of hydrogen-bond acceptors (Lipinski definition) is 1. The van der Waals surface area contributed by atoms with Gasteiger partial charge in [0.25, 0.3) is 0 Å². The molecule has 9 rings (SSSR count). The molecule has 0 radical (unpaired) electrons. The average Bonchev–Trinajstić information content (AvgIpc) is 3.51. The third-order valence-corrected chi connectivity index (χ3v) is 9.20. The van der Waals surface area contributed by atoms with E-state index in [2.05, 4.69) is 162 Å². The van der Waals surface area contributed by atoms with E-state index in [0.29, 0.717) is 0 Å². The van der Waals surface area contributed by atoms with Crippen LogP contribution in [0.25, 0.3) is 76.9 Å². The van der Waals surface area contributed by atoms with Gasteiger partial charge in [0.2, 0.25) is 0 Å². The minimum absolute atomic E-state index is 0.996. The lowest BCUT2D eigenvalue weighted by molar-refractivity contribution is 1.01. The van der Waals surface area contributed by atoms with E-state index in [1.165, 1.54) is 60.1 Å². The van der Waals surface area contributed by atoms with Crippen LogP contribution in [-0.2, 0) is 0 Å². The molecule has 1 heterocycles. The normalized spacial score (nSPS) is 13.2. The minimum atomic E-state index is 0.996. The van der Waals surface area contributed by atoms with Crippen molar-refractivity contribution >= 4 is 48.9 Å². The Kier molecular flexibility index (Phi) is 5.99. The summed E-state index contributed by atoms with van der Waals surface area (Å²) in [6.45, 7) is 0. The van der Waals surface area contributed by atoms with E-state index in [-0.39, 0.29) is 0 Å². The Labute approximate surface area is 262 Å². The highest BCUT2D eigenvalue weighted by Gasteiger charge is 2.19. The van der Waals surface area contributed by atoms with E-state index in [1.54, 1.807) is 0 Å². The van der Waals surface area contributed by atoms with Crippen LogP contribution >= 0.6 is 0 Å². The fourth-order valence-corrected chi connectivity index (χ4v) is 7.13. The number of aromatic nitrogens is 2. The van der Waals surface area contributed by atoms with Gasteiger partial charge in [0.05, 0.1) is 11.0 Å². The second-order valence-corrected chi connectivity index (χ2v) is 11.8. The molecular weight excluding hydrogens is 544 g/mol. The smallest absolute Gasteiger partial charge is 0.145 e. The van der Waals surface area contributed by atoms with Crippen LogP contribution in [0.5, 0.6) is 0 Å². The van der Waals surface area contributed by atoms with E-state index in [0.717, 1.165) is 35.4 Å². The number of benzene rings is 7. The van der Waals surface area contributed by atoms with Gasteiger partial charge in [-0.1, -0.05) is 127 Å². The zero-order valence-electron chi connectivity index (χ0n) is 24.8. The Bertz CT molecular complexity index is 2420. The molecule has 0 aliphatic heterocycles. The van der Waals surface area contributed by atoms with E-state index < -0.39 is 0 Å². The second-order valence-electron chi connectivity index (χ2n) is 11.8. The molecule has 1 aromatic heterocycles. The van der Waals surface area contributed by atoms with E-state index in [1.807, 2.05) is 0 Å². The summed E-state index contributed by atoms with van der Waals surface area (Å²) in [6.07, 6.45) is 8.90. The molecule has 1 aliphatic rings. The SMILES string of the molecule is C1=CC(c2nc3ccccc3n2-c2ccc(-c3c4ccccc4c(-c4ccc5ccccc5c4)c4ccccc34)cc2)=CCC1. The van der Waals surface area contributed by atoms with Gasteiger partial charge in [-0.3, -0.25) is 4.57 Å². The summed E-state index contributed by atoms with van der Waals surface area (Å²) < 4.78 is 2.31. The molecule has 0 unspecified atom stereocenters. The molecular formula is C43H30N2. The summed E-state index contributed by atoms with van der Waals surface area (Å²) >= 11 is 0. The van der Waals surface area contributed by atoms with Crippen LogP contribution in [0.15, 0.2) is 158 Å². The molecule has 8 aromatic rings. The highest BCUT2D eigenvalue weighted by molar-refractivity contribution is 6.21. The van der Waals surface area contributed by atoms with Crippen molar-refractivity contribution in [1.29, 1.82) is 0 Å². The predicted molar refractivity (Wildman–Crippen MR) is 191 cm³/mol. The van der Waals surface area contributed by atoms with E-state index in [9.17, 15) is 0 Å². The fraction of sp³-hybridized carbons (Fsp3) is 0.0465. The lowest BCUT2D eigenvalue weighted by Gasteiger charge is -2.18. The van der Waals surface area contributed by atoms with Crippen molar-refractivity contribution < 1.29 is 0 Å². The van der Waals surface area contributed by atoms with E-state index >= 15 is 0 Å². The lowest BCUT2D eigenvalue weighted by atomic mass is 9.85. The number of nitrogens with zero attached hydrogens (tertiary/aromatic N) is 2. The maximum absolute atomic E-state index is 5.08. The summed E-state index contributed by atoms with van der Waals surface area (Å²) in [5.74, 6) is 0.996. The van der Waals surface area contributed by atoms with Crippen molar-refractivity contribution in [3.05, 3.63) is 164 Å². The Morgan fingerprint density at radius 3 is 1.80 bits per heavy atom. The second kappa shape index (κ2) is 10.5. The number of rotatable bonds is 4. The quantitative estimate of drug-likeness (QED) is 0.191. The fourth-order valence-electron chi connectivity index (χ4n) is 7.13. The minimum Gasteiger partial charge on any atom is -0.292 e. The van der Waals surface area contributed by atoms with Crippen molar-refractivity contribution in [2.24, 2.45) is 0 Å². The van der Waals surface area contributed by atoms with Crippen molar-refractivity contribution in [3.8, 4) is 27.9 Å². The van der Waals surface area contributed by atoms with Gasteiger partial charge in [0.15, 0.2) is 0 Å². The molecule has 0 spiro atoms. The van der Waals surface area contributed by atoms with Crippen LogP contribution in [-0.4, -0.2) is 9.55 Å². The van der Waals surface area contributed by atoms with Gasteiger partial charge in [-0.2, -0.15) is 0 Å². The van der Waals surface area contributed by atoms with Crippen LogP contribution < -0.4 is 0 Å². The first-order valence-electron chi connectivity index (χ1n) is 15.7. The summed E-state index contributed by atoms with van der Waals surface area (Å²) in [4.78, 5) is 5.08. The number of imidazole rings is 1. The molecule has 0 fully saturated rings. The zero-order chi connectivity index (χ0) is 29.7. The first-order valence-corrected chi connectivity index (χ1v) is 15.7. The lowest BCUT2D eigenvalue weighted by Crippen LogP contribution is -2.01. The van der Waals surface area contributed by atoms with Crippen molar-refractivity contribution in [2.75, 3.05) is 0 Å². The van der Waals surface area contributed by atoms with Crippen LogP contribution in [0.2, 0.25) is 0 Å². The summed E-state index contributed by atoms with van der Waals surface area (Å²) in [7, 11) is 0. The molecule has 212 valence electrons. The molecule has 0 amide bonds. The van der Waals surface area contributed by atoms with Crippen molar-refractivity contribution in [3.63, 3.8) is 0 Å². The Morgan fingerprint density at radius 1 is 0.511 bits per heavy atom. The van der Waals surface area contributed by atoms with Gasteiger partial charge >= 0.3 is 0 Å². The number of hydrogen-bond donors (Lipinski definition) is 0. The Hall–Kier alpha value is -5.73. The summed E-state index contributed by atoms with van der Waals surface area (Å²) in [6, 6.07) is 50.7. The average molecular weight is 575 g/mol. The Morgan fingerprint density at radius 2 is 1.11 bits per heavy atom. The van der Waals surface area contributed by atoms with E-state index in [4.69, 9.17) is 4.98 Å². The number of fused-ring (bicyclic) bond motifs is 4. The highest BCUT2D eigenvalue weighted by atomic mass is 15.1. The molecule has 0 N–H and O–H groups in total. The predicted octanol–water partition coefficient (Wildman–Crippen LogP) is 11.6. The standard InChI is InChI=1S/C43H30N2/c1-2-13-31(14-3-1)43-44-39-20-10-11-21-40(39)45(43)34-26-24-30(25-27-34)41-35-16-6-8-18-37(35)42(38-19-9-7-17-36(38)41)33-23-22-29-12-4-5-15-32(29)28-33/h2,4-28H,1,3H2. The zero-order valence-corrected chi connectivity index (χ0v) is 24.8. The van der Waals surface area contributed by atoms with Crippen LogP contribution in [0.1, 0.15) is 18.7 Å². The maximum Gasteiger partial charge on any atom is 0.145 e. The first kappa shape index (κ1) is 25.7. The Balaban J connectivity index is 1.25. The van der Waals surface area contributed by atoms with Crippen LogP contribution in [0, 0.1) is 0 Å². The van der Waals surface area contributed by atoms with Gasteiger partial charge < -0.3 is 0 Å². The van der Waals surface area contributed by atoms with Crippen molar-refractivity contribution in [1.82, 2.24) is 9.55 Å². The molecule has 0 saturated carbocycles.